The van der Waals surface area contributed by atoms with E-state index < -0.39 is 6.04 Å². The minimum absolute atomic E-state index is 0.0363. The monoisotopic (exact) mass is 347 g/mol. The summed E-state index contributed by atoms with van der Waals surface area (Å²) in [6.07, 6.45) is 1.35. The number of rotatable bonds is 5. The van der Waals surface area contributed by atoms with Crippen LogP contribution in [0.3, 0.4) is 0 Å². The first-order valence-electron chi connectivity index (χ1n) is 8.88. The van der Waals surface area contributed by atoms with Gasteiger partial charge in [0.25, 0.3) is 0 Å². The Labute approximate surface area is 149 Å². The molecular formula is C19H29N3O3. The summed E-state index contributed by atoms with van der Waals surface area (Å²) in [5, 5.41) is 0. The number of nitrogens with zero attached hydrogens (tertiary/aromatic N) is 2. The lowest BCUT2D eigenvalue weighted by atomic mass is 10.00. The topological polar surface area (TPSA) is 75.9 Å². The lowest BCUT2D eigenvalue weighted by Gasteiger charge is -2.38. The largest absolute Gasteiger partial charge is 0.445 e. The van der Waals surface area contributed by atoms with Crippen LogP contribution in [0.5, 0.6) is 0 Å². The lowest BCUT2D eigenvalue weighted by molar-refractivity contribution is -0.135. The number of likely N-dealkylation sites (tertiary alicyclic amines) is 1. The molecule has 1 fully saturated rings. The molecule has 138 valence electrons. The SMILES string of the molecule is CC(C)[C@H](N)C(=O)N1CCCC(N(C)C(=O)OCc2ccccc2)C1. The molecule has 1 saturated heterocycles. The van der Waals surface area contributed by atoms with E-state index in [4.69, 9.17) is 10.5 Å². The van der Waals surface area contributed by atoms with Crippen molar-refractivity contribution >= 4 is 12.0 Å². The Balaban J connectivity index is 1.88. The fourth-order valence-corrected chi connectivity index (χ4v) is 2.94. The van der Waals surface area contributed by atoms with Crippen LogP contribution in [0.1, 0.15) is 32.3 Å². The average Bonchev–Trinajstić information content (AvgIpc) is 2.65. The van der Waals surface area contributed by atoms with E-state index >= 15 is 0 Å². The summed E-state index contributed by atoms with van der Waals surface area (Å²) in [6.45, 7) is 5.34. The molecule has 1 aromatic carbocycles. The molecule has 0 spiro atoms. The summed E-state index contributed by atoms with van der Waals surface area (Å²) >= 11 is 0. The van der Waals surface area contributed by atoms with Gasteiger partial charge in [0.2, 0.25) is 5.91 Å². The van der Waals surface area contributed by atoms with E-state index in [1.807, 2.05) is 44.2 Å². The predicted octanol–water partition coefficient (Wildman–Crippen LogP) is 2.23. The zero-order valence-electron chi connectivity index (χ0n) is 15.4. The van der Waals surface area contributed by atoms with Gasteiger partial charge >= 0.3 is 6.09 Å². The van der Waals surface area contributed by atoms with Gasteiger partial charge in [0.15, 0.2) is 0 Å². The second-order valence-corrected chi connectivity index (χ2v) is 7.00. The molecule has 1 heterocycles. The standard InChI is InChI=1S/C19H29N3O3/c1-14(2)17(20)18(23)22-11-7-10-16(12-22)21(3)19(24)25-13-15-8-5-4-6-9-15/h4-6,8-9,14,16-17H,7,10-13,20H2,1-3H3/t16?,17-/m0/s1. The summed E-state index contributed by atoms with van der Waals surface area (Å²) in [7, 11) is 1.73. The number of hydrogen-bond acceptors (Lipinski definition) is 4. The molecule has 2 rings (SSSR count). The molecule has 1 aliphatic heterocycles. The third-order valence-corrected chi connectivity index (χ3v) is 4.75. The van der Waals surface area contributed by atoms with Crippen molar-refractivity contribution in [1.29, 1.82) is 0 Å². The van der Waals surface area contributed by atoms with E-state index in [1.54, 1.807) is 16.8 Å². The van der Waals surface area contributed by atoms with Gasteiger partial charge in [-0.05, 0) is 24.3 Å². The van der Waals surface area contributed by atoms with E-state index in [0.717, 1.165) is 18.4 Å². The van der Waals surface area contributed by atoms with E-state index in [9.17, 15) is 9.59 Å². The number of carbonyl (C=O) groups excluding carboxylic acids is 2. The lowest BCUT2D eigenvalue weighted by Crippen LogP contribution is -2.54. The Kier molecular flexibility index (Phi) is 6.82. The van der Waals surface area contributed by atoms with Gasteiger partial charge in [-0.25, -0.2) is 4.79 Å². The highest BCUT2D eigenvalue weighted by molar-refractivity contribution is 5.82. The van der Waals surface area contributed by atoms with Gasteiger partial charge in [-0.2, -0.15) is 0 Å². The molecule has 0 saturated carbocycles. The van der Waals surface area contributed by atoms with Gasteiger partial charge in [0.1, 0.15) is 6.61 Å². The van der Waals surface area contributed by atoms with Crippen molar-refractivity contribution in [2.75, 3.05) is 20.1 Å². The Bertz CT molecular complexity index is 577. The molecule has 2 amide bonds. The van der Waals surface area contributed by atoms with E-state index in [-0.39, 0.29) is 30.6 Å². The van der Waals surface area contributed by atoms with Crippen LogP contribution in [0.2, 0.25) is 0 Å². The maximum Gasteiger partial charge on any atom is 0.410 e. The van der Waals surface area contributed by atoms with Gasteiger partial charge < -0.3 is 20.3 Å². The van der Waals surface area contributed by atoms with Crippen LogP contribution < -0.4 is 5.73 Å². The number of amides is 2. The van der Waals surface area contributed by atoms with Crippen molar-refractivity contribution < 1.29 is 14.3 Å². The van der Waals surface area contributed by atoms with Gasteiger partial charge in [-0.3, -0.25) is 4.79 Å². The molecule has 6 heteroatoms. The third kappa shape index (κ3) is 5.19. The summed E-state index contributed by atoms with van der Waals surface area (Å²) in [6, 6.07) is 9.05. The zero-order chi connectivity index (χ0) is 18.4. The number of piperidine rings is 1. The van der Waals surface area contributed by atoms with Crippen molar-refractivity contribution in [3.63, 3.8) is 0 Å². The second kappa shape index (κ2) is 8.85. The Hall–Kier alpha value is -2.08. The second-order valence-electron chi connectivity index (χ2n) is 7.00. The molecule has 2 N–H and O–H groups in total. The van der Waals surface area contributed by atoms with Crippen molar-refractivity contribution in [2.24, 2.45) is 11.7 Å². The summed E-state index contributed by atoms with van der Waals surface area (Å²) in [4.78, 5) is 28.1. The van der Waals surface area contributed by atoms with Crippen LogP contribution in [0.25, 0.3) is 0 Å². The zero-order valence-corrected chi connectivity index (χ0v) is 15.4. The van der Waals surface area contributed by atoms with Crippen molar-refractivity contribution in [3.8, 4) is 0 Å². The van der Waals surface area contributed by atoms with Crippen LogP contribution in [-0.2, 0) is 16.1 Å². The number of ether oxygens (including phenoxy) is 1. The van der Waals surface area contributed by atoms with E-state index in [1.165, 1.54) is 0 Å². The smallest absolute Gasteiger partial charge is 0.410 e. The highest BCUT2D eigenvalue weighted by Crippen LogP contribution is 2.18. The molecule has 0 radical (unpaired) electrons. The molecule has 0 aliphatic carbocycles. The number of hydrogen-bond donors (Lipinski definition) is 1. The highest BCUT2D eigenvalue weighted by Gasteiger charge is 2.31. The molecule has 25 heavy (non-hydrogen) atoms. The quantitative estimate of drug-likeness (QED) is 0.886. The average molecular weight is 347 g/mol. The Morgan fingerprint density at radius 2 is 2.00 bits per heavy atom. The minimum atomic E-state index is -0.492. The Morgan fingerprint density at radius 1 is 1.32 bits per heavy atom. The molecule has 1 aliphatic rings. The molecule has 1 aromatic rings. The molecule has 6 nitrogen and oxygen atoms in total. The molecule has 0 bridgehead atoms. The molecule has 1 unspecified atom stereocenters. The highest BCUT2D eigenvalue weighted by atomic mass is 16.6. The Morgan fingerprint density at radius 3 is 2.64 bits per heavy atom. The summed E-state index contributed by atoms with van der Waals surface area (Å²) < 4.78 is 5.38. The van der Waals surface area contributed by atoms with Crippen molar-refractivity contribution in [3.05, 3.63) is 35.9 Å². The van der Waals surface area contributed by atoms with Gasteiger partial charge in [-0.1, -0.05) is 44.2 Å². The minimum Gasteiger partial charge on any atom is -0.445 e. The molecular weight excluding hydrogens is 318 g/mol. The first-order valence-corrected chi connectivity index (χ1v) is 8.88. The van der Waals surface area contributed by atoms with Crippen LogP contribution in [0.4, 0.5) is 4.79 Å². The fourth-order valence-electron chi connectivity index (χ4n) is 2.94. The van der Waals surface area contributed by atoms with E-state index in [2.05, 4.69) is 0 Å². The fraction of sp³-hybridized carbons (Fsp3) is 0.579. The predicted molar refractivity (Wildman–Crippen MR) is 96.8 cm³/mol. The number of benzene rings is 1. The van der Waals surface area contributed by atoms with Gasteiger partial charge in [0, 0.05) is 20.1 Å². The van der Waals surface area contributed by atoms with Crippen LogP contribution >= 0.6 is 0 Å². The van der Waals surface area contributed by atoms with Gasteiger partial charge in [-0.15, -0.1) is 0 Å². The summed E-state index contributed by atoms with van der Waals surface area (Å²) in [5.74, 6) is 0.0622. The first-order chi connectivity index (χ1) is 11.9. The third-order valence-electron chi connectivity index (χ3n) is 4.75. The van der Waals surface area contributed by atoms with Crippen LogP contribution in [0.15, 0.2) is 30.3 Å². The van der Waals surface area contributed by atoms with Gasteiger partial charge in [0.05, 0.1) is 12.1 Å². The number of nitrogens with two attached hydrogens (primary N) is 1. The number of carbonyl (C=O) groups is 2. The number of likely N-dealkylation sites (N-methyl/N-ethyl adjacent to an activating group) is 1. The maximum absolute atomic E-state index is 12.5. The molecule has 2 atom stereocenters. The molecule has 0 aromatic heterocycles. The van der Waals surface area contributed by atoms with Crippen molar-refractivity contribution in [1.82, 2.24) is 9.80 Å². The normalized spacial score (nSPS) is 18.8. The van der Waals surface area contributed by atoms with Crippen molar-refractivity contribution in [2.45, 2.75) is 45.4 Å². The maximum atomic E-state index is 12.5. The van der Waals surface area contributed by atoms with E-state index in [0.29, 0.717) is 13.1 Å². The summed E-state index contributed by atoms with van der Waals surface area (Å²) in [5.41, 5.74) is 6.94. The van der Waals surface area contributed by atoms with Crippen LogP contribution in [-0.4, -0.2) is 54.0 Å². The first kappa shape index (κ1) is 19.2. The van der Waals surface area contributed by atoms with Crippen LogP contribution in [0, 0.1) is 5.92 Å².